The number of rotatable bonds is 7. The fourth-order valence-electron chi connectivity index (χ4n) is 4.01. The number of ether oxygens (including phenoxy) is 1. The molecule has 150 valence electrons. The number of methoxy groups -OCH3 is 1. The van der Waals surface area contributed by atoms with Gasteiger partial charge in [-0.05, 0) is 32.2 Å². The van der Waals surface area contributed by atoms with E-state index < -0.39 is 0 Å². The number of nitrogens with zero attached hydrogens (tertiary/aromatic N) is 5. The van der Waals surface area contributed by atoms with E-state index in [4.69, 9.17) is 4.74 Å². The van der Waals surface area contributed by atoms with Crippen LogP contribution in [0.4, 0.5) is 0 Å². The van der Waals surface area contributed by atoms with Gasteiger partial charge in [0.05, 0.1) is 12.5 Å². The first-order valence-electron chi connectivity index (χ1n) is 9.78. The first-order valence-corrected chi connectivity index (χ1v) is 9.78. The van der Waals surface area contributed by atoms with Gasteiger partial charge >= 0.3 is 0 Å². The zero-order valence-electron chi connectivity index (χ0n) is 16.0. The lowest BCUT2D eigenvalue weighted by molar-refractivity contribution is -0.133. The smallest absolute Gasteiger partial charge is 0.244 e. The van der Waals surface area contributed by atoms with Crippen molar-refractivity contribution in [2.75, 3.05) is 46.4 Å². The van der Waals surface area contributed by atoms with Gasteiger partial charge in [-0.3, -0.25) is 14.5 Å². The Morgan fingerprint density at radius 1 is 1.22 bits per heavy atom. The van der Waals surface area contributed by atoms with Crippen LogP contribution in [0.25, 0.3) is 0 Å². The van der Waals surface area contributed by atoms with Crippen LogP contribution < -0.4 is 5.32 Å². The highest BCUT2D eigenvalue weighted by molar-refractivity contribution is 5.79. The number of piperidine rings is 2. The molecule has 3 heterocycles. The van der Waals surface area contributed by atoms with Gasteiger partial charge in [-0.15, -0.1) is 0 Å². The Labute approximate surface area is 160 Å². The molecule has 2 aliphatic heterocycles. The van der Waals surface area contributed by atoms with Crippen molar-refractivity contribution in [2.45, 2.75) is 38.3 Å². The van der Waals surface area contributed by atoms with Gasteiger partial charge in [-0.2, -0.15) is 5.10 Å². The largest absolute Gasteiger partial charge is 0.383 e. The van der Waals surface area contributed by atoms with Crippen molar-refractivity contribution in [3.63, 3.8) is 0 Å². The lowest BCUT2D eigenvalue weighted by Crippen LogP contribution is -2.52. The fraction of sp³-hybridized carbons (Fsp3) is 0.778. The maximum atomic E-state index is 12.4. The van der Waals surface area contributed by atoms with E-state index in [-0.39, 0.29) is 24.3 Å². The number of hydrogen-bond donors (Lipinski definition) is 1. The van der Waals surface area contributed by atoms with Gasteiger partial charge in [0.1, 0.15) is 19.2 Å². The van der Waals surface area contributed by atoms with E-state index in [1.807, 2.05) is 4.90 Å². The minimum absolute atomic E-state index is 0.0579. The van der Waals surface area contributed by atoms with Crippen LogP contribution in [-0.4, -0.2) is 88.9 Å². The van der Waals surface area contributed by atoms with Crippen molar-refractivity contribution < 1.29 is 14.3 Å². The summed E-state index contributed by atoms with van der Waals surface area (Å²) in [6.07, 6.45) is 6.93. The van der Waals surface area contributed by atoms with Crippen LogP contribution in [0.3, 0.4) is 0 Å². The highest BCUT2D eigenvalue weighted by Crippen LogP contribution is 2.24. The summed E-state index contributed by atoms with van der Waals surface area (Å²) >= 11 is 0. The molecule has 2 aliphatic rings. The van der Waals surface area contributed by atoms with Gasteiger partial charge in [0, 0.05) is 39.3 Å². The fourth-order valence-corrected chi connectivity index (χ4v) is 4.01. The van der Waals surface area contributed by atoms with Crippen molar-refractivity contribution in [3.05, 3.63) is 12.7 Å². The standard InChI is InChI=1S/C18H30N6O3/c1-27-10-6-20-18(26)15-3-2-7-23(11-15)16-4-8-22(9-5-16)17(25)12-24-14-19-13-21-24/h13-16H,2-12H2,1H3,(H,20,26)/t15-/m1/s1. The molecule has 0 bridgehead atoms. The summed E-state index contributed by atoms with van der Waals surface area (Å²) in [5.74, 6) is 0.285. The Morgan fingerprint density at radius 3 is 2.74 bits per heavy atom. The Balaban J connectivity index is 1.43. The molecule has 0 saturated carbocycles. The molecule has 1 atom stereocenters. The molecule has 27 heavy (non-hydrogen) atoms. The molecule has 1 aromatic heterocycles. The quantitative estimate of drug-likeness (QED) is 0.658. The van der Waals surface area contributed by atoms with Crippen molar-refractivity contribution in [1.82, 2.24) is 29.9 Å². The maximum Gasteiger partial charge on any atom is 0.244 e. The number of carbonyl (C=O) groups is 2. The van der Waals surface area contributed by atoms with Crippen LogP contribution in [0.15, 0.2) is 12.7 Å². The van der Waals surface area contributed by atoms with Crippen LogP contribution in [0.1, 0.15) is 25.7 Å². The monoisotopic (exact) mass is 378 g/mol. The van der Waals surface area contributed by atoms with Crippen molar-refractivity contribution in [2.24, 2.45) is 5.92 Å². The third kappa shape index (κ3) is 5.49. The molecular weight excluding hydrogens is 348 g/mol. The molecule has 2 saturated heterocycles. The molecule has 0 unspecified atom stereocenters. The van der Waals surface area contributed by atoms with E-state index in [2.05, 4.69) is 20.3 Å². The molecule has 0 spiro atoms. The summed E-state index contributed by atoms with van der Waals surface area (Å²) < 4.78 is 6.55. The summed E-state index contributed by atoms with van der Waals surface area (Å²) in [5.41, 5.74) is 0. The number of nitrogens with one attached hydrogen (secondary N) is 1. The van der Waals surface area contributed by atoms with Gasteiger partial charge in [-0.25, -0.2) is 9.67 Å². The molecule has 1 N–H and O–H groups in total. The van der Waals surface area contributed by atoms with Crippen molar-refractivity contribution in [3.8, 4) is 0 Å². The normalized spacial score (nSPS) is 22.0. The van der Waals surface area contributed by atoms with E-state index >= 15 is 0 Å². The second-order valence-corrected chi connectivity index (χ2v) is 7.32. The van der Waals surface area contributed by atoms with Crippen LogP contribution in [0, 0.1) is 5.92 Å². The molecule has 2 fully saturated rings. The van der Waals surface area contributed by atoms with Crippen LogP contribution in [-0.2, 0) is 20.9 Å². The van der Waals surface area contributed by atoms with Crippen molar-refractivity contribution in [1.29, 1.82) is 0 Å². The van der Waals surface area contributed by atoms with Gasteiger partial charge in [-0.1, -0.05) is 0 Å². The number of carbonyl (C=O) groups excluding carboxylic acids is 2. The lowest BCUT2D eigenvalue weighted by Gasteiger charge is -2.42. The maximum absolute atomic E-state index is 12.4. The summed E-state index contributed by atoms with van der Waals surface area (Å²) in [6, 6.07) is 0.454. The molecule has 0 aromatic carbocycles. The predicted octanol–water partition coefficient (Wildman–Crippen LogP) is -0.256. The molecule has 2 amide bonds. The van der Waals surface area contributed by atoms with Crippen LogP contribution in [0.2, 0.25) is 0 Å². The molecule has 9 heteroatoms. The Hall–Kier alpha value is -2.00. The SMILES string of the molecule is COCCNC(=O)[C@@H]1CCCN(C2CCN(C(=O)Cn3cncn3)CC2)C1. The highest BCUT2D eigenvalue weighted by Gasteiger charge is 2.32. The lowest BCUT2D eigenvalue weighted by atomic mass is 9.93. The van der Waals surface area contributed by atoms with E-state index in [1.54, 1.807) is 18.1 Å². The molecule has 9 nitrogen and oxygen atoms in total. The van der Waals surface area contributed by atoms with Crippen LogP contribution >= 0.6 is 0 Å². The molecule has 0 aliphatic carbocycles. The number of amides is 2. The van der Waals surface area contributed by atoms with E-state index in [0.29, 0.717) is 19.2 Å². The third-order valence-electron chi connectivity index (χ3n) is 5.53. The second kappa shape index (κ2) is 9.80. The average molecular weight is 378 g/mol. The minimum atomic E-state index is 0.0579. The zero-order valence-corrected chi connectivity index (χ0v) is 16.0. The van der Waals surface area contributed by atoms with Gasteiger partial charge < -0.3 is 15.0 Å². The van der Waals surface area contributed by atoms with Gasteiger partial charge in [0.15, 0.2) is 0 Å². The summed E-state index contributed by atoms with van der Waals surface area (Å²) in [4.78, 5) is 32.9. The molecule has 1 aromatic rings. The third-order valence-corrected chi connectivity index (χ3v) is 5.53. The highest BCUT2D eigenvalue weighted by atomic mass is 16.5. The zero-order chi connectivity index (χ0) is 19.1. The van der Waals surface area contributed by atoms with Gasteiger partial charge in [0.2, 0.25) is 11.8 Å². The van der Waals surface area contributed by atoms with Crippen LogP contribution in [0.5, 0.6) is 0 Å². The van der Waals surface area contributed by atoms with Crippen molar-refractivity contribution >= 4 is 11.8 Å². The van der Waals surface area contributed by atoms with E-state index in [0.717, 1.165) is 51.9 Å². The predicted molar refractivity (Wildman–Crippen MR) is 98.8 cm³/mol. The topological polar surface area (TPSA) is 92.6 Å². The van der Waals surface area contributed by atoms with Gasteiger partial charge in [0.25, 0.3) is 0 Å². The minimum Gasteiger partial charge on any atom is -0.383 e. The summed E-state index contributed by atoms with van der Waals surface area (Å²) in [5, 5.41) is 6.96. The number of hydrogen-bond acceptors (Lipinski definition) is 6. The first kappa shape index (κ1) is 19.8. The second-order valence-electron chi connectivity index (χ2n) is 7.32. The number of likely N-dealkylation sites (tertiary alicyclic amines) is 2. The summed E-state index contributed by atoms with van der Waals surface area (Å²) in [7, 11) is 1.64. The van der Waals surface area contributed by atoms with E-state index in [1.165, 1.54) is 6.33 Å². The molecule has 0 radical (unpaired) electrons. The Bertz CT molecular complexity index is 600. The first-order chi connectivity index (χ1) is 13.2. The Morgan fingerprint density at radius 2 is 2.04 bits per heavy atom. The Kier molecular flexibility index (Phi) is 7.17. The average Bonchev–Trinajstić information content (AvgIpc) is 3.21. The summed E-state index contributed by atoms with van der Waals surface area (Å²) in [6.45, 7) is 4.74. The number of aromatic nitrogens is 3. The molecule has 3 rings (SSSR count). The van der Waals surface area contributed by atoms with E-state index in [9.17, 15) is 9.59 Å². The molecular formula is C18H30N6O3.